The summed E-state index contributed by atoms with van der Waals surface area (Å²) >= 11 is 0. The SMILES string of the molecule is Cc1ccc(CC(=O)Nc2cccc(NC(N)=O)c2)cc1. The topological polar surface area (TPSA) is 84.2 Å². The van der Waals surface area contributed by atoms with E-state index < -0.39 is 6.03 Å². The second-order valence-corrected chi connectivity index (χ2v) is 4.78. The highest BCUT2D eigenvalue weighted by Gasteiger charge is 2.05. The van der Waals surface area contributed by atoms with Crippen molar-refractivity contribution in [1.82, 2.24) is 0 Å². The molecule has 5 heteroatoms. The molecule has 0 bridgehead atoms. The van der Waals surface area contributed by atoms with Gasteiger partial charge in [0, 0.05) is 11.4 Å². The van der Waals surface area contributed by atoms with Crippen molar-refractivity contribution in [2.24, 2.45) is 5.73 Å². The van der Waals surface area contributed by atoms with E-state index in [2.05, 4.69) is 10.6 Å². The molecular weight excluding hydrogens is 266 g/mol. The molecule has 0 spiro atoms. The Morgan fingerprint density at radius 3 is 2.24 bits per heavy atom. The van der Waals surface area contributed by atoms with E-state index in [1.54, 1.807) is 24.3 Å². The highest BCUT2D eigenvalue weighted by molar-refractivity contribution is 5.94. The Hall–Kier alpha value is -2.82. The van der Waals surface area contributed by atoms with Gasteiger partial charge in [-0.3, -0.25) is 4.79 Å². The monoisotopic (exact) mass is 283 g/mol. The Balaban J connectivity index is 1.99. The number of benzene rings is 2. The predicted octanol–water partition coefficient (Wildman–Crippen LogP) is 2.67. The first kappa shape index (κ1) is 14.6. The molecule has 108 valence electrons. The molecule has 0 saturated carbocycles. The quantitative estimate of drug-likeness (QED) is 0.806. The van der Waals surface area contributed by atoms with Gasteiger partial charge in [0.1, 0.15) is 0 Å². The first-order valence-corrected chi connectivity index (χ1v) is 6.55. The zero-order chi connectivity index (χ0) is 15.2. The Kier molecular flexibility index (Phi) is 4.56. The molecule has 0 aliphatic heterocycles. The normalized spacial score (nSPS) is 9.95. The zero-order valence-corrected chi connectivity index (χ0v) is 11.7. The fourth-order valence-corrected chi connectivity index (χ4v) is 1.91. The first-order chi connectivity index (χ1) is 10.0. The Labute approximate surface area is 123 Å². The summed E-state index contributed by atoms with van der Waals surface area (Å²) in [6.07, 6.45) is 0.299. The standard InChI is InChI=1S/C16H17N3O2/c1-11-5-7-12(8-6-11)9-15(20)18-13-3-2-4-14(10-13)19-16(17)21/h2-8,10H,9H2,1H3,(H,18,20)(H3,17,19,21). The molecular formula is C16H17N3O2. The second kappa shape index (κ2) is 6.56. The van der Waals surface area contributed by atoms with Crippen LogP contribution in [0, 0.1) is 6.92 Å². The third kappa shape index (κ3) is 4.65. The van der Waals surface area contributed by atoms with Crippen molar-refractivity contribution in [3.63, 3.8) is 0 Å². The lowest BCUT2D eigenvalue weighted by Gasteiger charge is -2.08. The third-order valence-corrected chi connectivity index (χ3v) is 2.90. The largest absolute Gasteiger partial charge is 0.351 e. The van der Waals surface area contributed by atoms with Crippen LogP contribution >= 0.6 is 0 Å². The van der Waals surface area contributed by atoms with E-state index >= 15 is 0 Å². The van der Waals surface area contributed by atoms with Crippen LogP contribution in [0.2, 0.25) is 0 Å². The van der Waals surface area contributed by atoms with Crippen molar-refractivity contribution in [2.75, 3.05) is 10.6 Å². The molecule has 2 aromatic carbocycles. The number of aryl methyl sites for hydroxylation is 1. The highest BCUT2D eigenvalue weighted by Crippen LogP contribution is 2.15. The number of amides is 3. The average Bonchev–Trinajstić information content (AvgIpc) is 2.41. The van der Waals surface area contributed by atoms with Gasteiger partial charge in [0.25, 0.3) is 0 Å². The molecule has 0 aromatic heterocycles. The summed E-state index contributed by atoms with van der Waals surface area (Å²) < 4.78 is 0. The van der Waals surface area contributed by atoms with E-state index in [0.717, 1.165) is 11.1 Å². The number of nitrogens with one attached hydrogen (secondary N) is 2. The molecule has 4 N–H and O–H groups in total. The number of carbonyl (C=O) groups is 2. The Morgan fingerprint density at radius 1 is 1.00 bits per heavy atom. The van der Waals surface area contributed by atoms with Gasteiger partial charge in [-0.1, -0.05) is 35.9 Å². The fraction of sp³-hybridized carbons (Fsp3) is 0.125. The third-order valence-electron chi connectivity index (χ3n) is 2.90. The summed E-state index contributed by atoms with van der Waals surface area (Å²) in [4.78, 5) is 22.8. The van der Waals surface area contributed by atoms with Crippen LogP contribution in [0.4, 0.5) is 16.2 Å². The molecule has 0 unspecified atom stereocenters. The molecule has 0 heterocycles. The van der Waals surface area contributed by atoms with E-state index in [-0.39, 0.29) is 5.91 Å². The minimum absolute atomic E-state index is 0.116. The maximum absolute atomic E-state index is 12.0. The van der Waals surface area contributed by atoms with Crippen molar-refractivity contribution < 1.29 is 9.59 Å². The maximum atomic E-state index is 12.0. The number of nitrogens with two attached hydrogens (primary N) is 1. The van der Waals surface area contributed by atoms with Gasteiger partial charge in [-0.25, -0.2) is 4.79 Å². The van der Waals surface area contributed by atoms with Gasteiger partial charge in [-0.15, -0.1) is 0 Å². The summed E-state index contributed by atoms with van der Waals surface area (Å²) in [6, 6.07) is 14.0. The molecule has 0 aliphatic rings. The summed E-state index contributed by atoms with van der Waals surface area (Å²) in [7, 11) is 0. The molecule has 2 aromatic rings. The van der Waals surface area contributed by atoms with Gasteiger partial charge in [0.2, 0.25) is 5.91 Å². The molecule has 0 aliphatic carbocycles. The van der Waals surface area contributed by atoms with E-state index in [1.165, 1.54) is 0 Å². The van der Waals surface area contributed by atoms with Crippen molar-refractivity contribution >= 4 is 23.3 Å². The Bertz CT molecular complexity index is 651. The first-order valence-electron chi connectivity index (χ1n) is 6.55. The van der Waals surface area contributed by atoms with Gasteiger partial charge in [0.15, 0.2) is 0 Å². The lowest BCUT2D eigenvalue weighted by atomic mass is 10.1. The summed E-state index contributed by atoms with van der Waals surface area (Å²) in [5.74, 6) is -0.116. The maximum Gasteiger partial charge on any atom is 0.316 e. The Morgan fingerprint density at radius 2 is 1.62 bits per heavy atom. The van der Waals surface area contributed by atoms with Gasteiger partial charge in [-0.2, -0.15) is 0 Å². The van der Waals surface area contributed by atoms with E-state index in [9.17, 15) is 9.59 Å². The molecule has 2 rings (SSSR count). The smallest absolute Gasteiger partial charge is 0.316 e. The van der Waals surface area contributed by atoms with Crippen LogP contribution in [-0.2, 0) is 11.2 Å². The van der Waals surface area contributed by atoms with Crippen LogP contribution < -0.4 is 16.4 Å². The highest BCUT2D eigenvalue weighted by atomic mass is 16.2. The van der Waals surface area contributed by atoms with Crippen LogP contribution in [0.15, 0.2) is 48.5 Å². The van der Waals surface area contributed by atoms with Crippen LogP contribution in [0.1, 0.15) is 11.1 Å². The molecule has 0 fully saturated rings. The number of hydrogen-bond donors (Lipinski definition) is 3. The van der Waals surface area contributed by atoms with Crippen LogP contribution in [0.3, 0.4) is 0 Å². The number of anilines is 2. The lowest BCUT2D eigenvalue weighted by Crippen LogP contribution is -2.19. The zero-order valence-electron chi connectivity index (χ0n) is 11.7. The average molecular weight is 283 g/mol. The van der Waals surface area contributed by atoms with E-state index in [4.69, 9.17) is 5.73 Å². The lowest BCUT2D eigenvalue weighted by molar-refractivity contribution is -0.115. The van der Waals surface area contributed by atoms with E-state index in [0.29, 0.717) is 17.8 Å². The van der Waals surface area contributed by atoms with Gasteiger partial charge < -0.3 is 16.4 Å². The summed E-state index contributed by atoms with van der Waals surface area (Å²) in [6.45, 7) is 2.00. The van der Waals surface area contributed by atoms with E-state index in [1.807, 2.05) is 31.2 Å². The predicted molar refractivity (Wildman–Crippen MR) is 83.2 cm³/mol. The molecule has 0 atom stereocenters. The van der Waals surface area contributed by atoms with Gasteiger partial charge in [-0.05, 0) is 30.7 Å². The number of urea groups is 1. The second-order valence-electron chi connectivity index (χ2n) is 4.78. The molecule has 5 nitrogen and oxygen atoms in total. The van der Waals surface area contributed by atoms with Crippen molar-refractivity contribution in [3.8, 4) is 0 Å². The van der Waals surface area contributed by atoms with Gasteiger partial charge in [0.05, 0.1) is 6.42 Å². The number of primary amides is 1. The molecule has 21 heavy (non-hydrogen) atoms. The minimum atomic E-state index is -0.641. The van der Waals surface area contributed by atoms with Crippen molar-refractivity contribution in [2.45, 2.75) is 13.3 Å². The molecule has 0 radical (unpaired) electrons. The minimum Gasteiger partial charge on any atom is -0.351 e. The van der Waals surface area contributed by atoms with Crippen LogP contribution in [0.5, 0.6) is 0 Å². The van der Waals surface area contributed by atoms with Crippen molar-refractivity contribution in [3.05, 3.63) is 59.7 Å². The number of hydrogen-bond acceptors (Lipinski definition) is 2. The van der Waals surface area contributed by atoms with Crippen LogP contribution in [0.25, 0.3) is 0 Å². The van der Waals surface area contributed by atoms with Crippen LogP contribution in [-0.4, -0.2) is 11.9 Å². The fourth-order valence-electron chi connectivity index (χ4n) is 1.91. The van der Waals surface area contributed by atoms with Gasteiger partial charge >= 0.3 is 6.03 Å². The number of rotatable bonds is 4. The van der Waals surface area contributed by atoms with Crippen molar-refractivity contribution in [1.29, 1.82) is 0 Å². The summed E-state index contributed by atoms with van der Waals surface area (Å²) in [5.41, 5.74) is 8.31. The summed E-state index contributed by atoms with van der Waals surface area (Å²) in [5, 5.41) is 5.25. The number of carbonyl (C=O) groups excluding carboxylic acids is 2. The molecule has 0 saturated heterocycles. The molecule has 3 amide bonds.